The van der Waals surface area contributed by atoms with Gasteiger partial charge in [-0.15, -0.1) is 0 Å². The SMILES string of the molecule is C=C(CNC1CC1)CN(C)C(C)CC#N. The Hall–Kier alpha value is -0.850. The third kappa shape index (κ3) is 4.96. The van der Waals surface area contributed by atoms with Gasteiger partial charge >= 0.3 is 0 Å². The van der Waals surface area contributed by atoms with Crippen molar-refractivity contribution >= 4 is 0 Å². The zero-order valence-corrected chi connectivity index (χ0v) is 9.79. The number of hydrogen-bond acceptors (Lipinski definition) is 3. The van der Waals surface area contributed by atoms with Gasteiger partial charge < -0.3 is 5.32 Å². The Balaban J connectivity index is 2.14. The van der Waals surface area contributed by atoms with Crippen molar-refractivity contribution in [3.05, 3.63) is 12.2 Å². The molecule has 1 rings (SSSR count). The summed E-state index contributed by atoms with van der Waals surface area (Å²) >= 11 is 0. The molecule has 1 N–H and O–H groups in total. The summed E-state index contributed by atoms with van der Waals surface area (Å²) in [6.45, 7) is 7.91. The van der Waals surface area contributed by atoms with Gasteiger partial charge in [0.1, 0.15) is 0 Å². The fourth-order valence-electron chi connectivity index (χ4n) is 1.43. The highest BCUT2D eigenvalue weighted by atomic mass is 15.1. The predicted octanol–water partition coefficient (Wildman–Crippen LogP) is 1.53. The summed E-state index contributed by atoms with van der Waals surface area (Å²) in [4.78, 5) is 2.18. The summed E-state index contributed by atoms with van der Waals surface area (Å²) in [6, 6.07) is 3.25. The average Bonchev–Trinajstić information content (AvgIpc) is 2.98. The topological polar surface area (TPSA) is 39.1 Å². The van der Waals surface area contributed by atoms with Crippen LogP contribution in [0.1, 0.15) is 26.2 Å². The number of nitrogens with zero attached hydrogens (tertiary/aromatic N) is 2. The van der Waals surface area contributed by atoms with E-state index in [2.05, 4.69) is 29.8 Å². The molecule has 1 atom stereocenters. The molecule has 0 aromatic rings. The van der Waals surface area contributed by atoms with Crippen LogP contribution >= 0.6 is 0 Å². The predicted molar refractivity (Wildman–Crippen MR) is 62.5 cm³/mol. The van der Waals surface area contributed by atoms with E-state index in [1.54, 1.807) is 0 Å². The monoisotopic (exact) mass is 207 g/mol. The van der Waals surface area contributed by atoms with Crippen molar-refractivity contribution in [2.24, 2.45) is 0 Å². The van der Waals surface area contributed by atoms with E-state index in [0.717, 1.165) is 19.1 Å². The molecule has 0 radical (unpaired) electrons. The van der Waals surface area contributed by atoms with E-state index in [1.807, 2.05) is 7.05 Å². The summed E-state index contributed by atoms with van der Waals surface area (Å²) in [7, 11) is 2.05. The average molecular weight is 207 g/mol. The van der Waals surface area contributed by atoms with Crippen LogP contribution in [0.25, 0.3) is 0 Å². The van der Waals surface area contributed by atoms with Crippen molar-refractivity contribution in [2.45, 2.75) is 38.3 Å². The Morgan fingerprint density at radius 3 is 2.87 bits per heavy atom. The van der Waals surface area contributed by atoms with Crippen LogP contribution in [0.5, 0.6) is 0 Å². The summed E-state index contributed by atoms with van der Waals surface area (Å²) in [5.74, 6) is 0. The standard InChI is InChI=1S/C12H21N3/c1-10(8-14-12-4-5-12)9-15(3)11(2)6-7-13/h11-12,14H,1,4-6,8-9H2,2-3H3. The first-order chi connectivity index (χ1) is 7.13. The summed E-state index contributed by atoms with van der Waals surface area (Å²) in [6.07, 6.45) is 3.21. The Bertz CT molecular complexity index is 250. The first-order valence-electron chi connectivity index (χ1n) is 5.60. The number of rotatable bonds is 7. The van der Waals surface area contributed by atoms with Crippen molar-refractivity contribution in [3.63, 3.8) is 0 Å². The van der Waals surface area contributed by atoms with Crippen LogP contribution in [0.3, 0.4) is 0 Å². The lowest BCUT2D eigenvalue weighted by Gasteiger charge is -2.23. The molecule has 84 valence electrons. The Morgan fingerprint density at radius 2 is 2.33 bits per heavy atom. The molecule has 0 aromatic heterocycles. The van der Waals surface area contributed by atoms with Gasteiger partial charge in [-0.05, 0) is 32.4 Å². The molecule has 3 nitrogen and oxygen atoms in total. The highest BCUT2D eigenvalue weighted by molar-refractivity contribution is 5.02. The fourth-order valence-corrected chi connectivity index (χ4v) is 1.43. The van der Waals surface area contributed by atoms with Crippen molar-refractivity contribution in [1.29, 1.82) is 5.26 Å². The first kappa shape index (κ1) is 12.2. The van der Waals surface area contributed by atoms with Crippen LogP contribution < -0.4 is 5.32 Å². The van der Waals surface area contributed by atoms with Crippen LogP contribution in [0.15, 0.2) is 12.2 Å². The highest BCUT2D eigenvalue weighted by Crippen LogP contribution is 2.18. The fraction of sp³-hybridized carbons (Fsp3) is 0.750. The van der Waals surface area contributed by atoms with Crippen LogP contribution in [-0.4, -0.2) is 37.1 Å². The van der Waals surface area contributed by atoms with Crippen molar-refractivity contribution in [1.82, 2.24) is 10.2 Å². The van der Waals surface area contributed by atoms with Gasteiger partial charge in [0.15, 0.2) is 0 Å². The van der Waals surface area contributed by atoms with Crippen LogP contribution in [0.2, 0.25) is 0 Å². The van der Waals surface area contributed by atoms with E-state index in [9.17, 15) is 0 Å². The quantitative estimate of drug-likeness (QED) is 0.643. The van der Waals surface area contributed by atoms with Gasteiger partial charge in [0, 0.05) is 25.2 Å². The number of nitrogens with one attached hydrogen (secondary N) is 1. The van der Waals surface area contributed by atoms with E-state index in [-0.39, 0.29) is 0 Å². The number of nitriles is 1. The maximum atomic E-state index is 8.59. The molecule has 0 amide bonds. The van der Waals surface area contributed by atoms with Crippen LogP contribution in [-0.2, 0) is 0 Å². The summed E-state index contributed by atoms with van der Waals surface area (Å²) in [5, 5.41) is 12.0. The molecule has 1 aliphatic carbocycles. The van der Waals surface area contributed by atoms with Gasteiger partial charge in [-0.25, -0.2) is 0 Å². The lowest BCUT2D eigenvalue weighted by atomic mass is 10.2. The molecule has 1 fully saturated rings. The molecule has 0 heterocycles. The zero-order valence-electron chi connectivity index (χ0n) is 9.79. The molecule has 15 heavy (non-hydrogen) atoms. The van der Waals surface area contributed by atoms with Gasteiger partial charge in [0.05, 0.1) is 12.5 Å². The Morgan fingerprint density at radius 1 is 1.67 bits per heavy atom. The normalized spacial score (nSPS) is 17.5. The molecule has 3 heteroatoms. The van der Waals surface area contributed by atoms with Crippen molar-refractivity contribution in [3.8, 4) is 6.07 Å². The summed E-state index contributed by atoms with van der Waals surface area (Å²) in [5.41, 5.74) is 1.20. The molecule has 0 aromatic carbocycles. The summed E-state index contributed by atoms with van der Waals surface area (Å²) < 4.78 is 0. The second-order valence-electron chi connectivity index (χ2n) is 4.53. The smallest absolute Gasteiger partial charge is 0.0638 e. The van der Waals surface area contributed by atoms with E-state index in [1.165, 1.54) is 18.4 Å². The zero-order chi connectivity index (χ0) is 11.3. The van der Waals surface area contributed by atoms with Gasteiger partial charge in [-0.3, -0.25) is 4.90 Å². The van der Waals surface area contributed by atoms with Crippen molar-refractivity contribution < 1.29 is 0 Å². The van der Waals surface area contributed by atoms with E-state index < -0.39 is 0 Å². The van der Waals surface area contributed by atoms with Crippen LogP contribution in [0.4, 0.5) is 0 Å². The molecule has 1 aliphatic rings. The highest BCUT2D eigenvalue weighted by Gasteiger charge is 2.20. The van der Waals surface area contributed by atoms with Crippen LogP contribution in [0, 0.1) is 11.3 Å². The van der Waals surface area contributed by atoms with E-state index >= 15 is 0 Å². The third-order valence-corrected chi connectivity index (χ3v) is 2.83. The Kier molecular flexibility index (Phi) is 4.80. The van der Waals surface area contributed by atoms with E-state index in [0.29, 0.717) is 12.5 Å². The number of hydrogen-bond donors (Lipinski definition) is 1. The van der Waals surface area contributed by atoms with Gasteiger partial charge in [-0.2, -0.15) is 5.26 Å². The second kappa shape index (κ2) is 5.89. The molecule has 0 saturated heterocycles. The van der Waals surface area contributed by atoms with Gasteiger partial charge in [-0.1, -0.05) is 6.58 Å². The number of likely N-dealkylation sites (N-methyl/N-ethyl adjacent to an activating group) is 1. The Labute approximate surface area is 92.8 Å². The minimum atomic E-state index is 0.313. The lowest BCUT2D eigenvalue weighted by Crippen LogP contribution is -2.33. The first-order valence-corrected chi connectivity index (χ1v) is 5.60. The molecular formula is C12H21N3. The van der Waals surface area contributed by atoms with Gasteiger partial charge in [0.25, 0.3) is 0 Å². The lowest BCUT2D eigenvalue weighted by molar-refractivity contribution is 0.280. The van der Waals surface area contributed by atoms with E-state index in [4.69, 9.17) is 5.26 Å². The molecule has 0 aliphatic heterocycles. The van der Waals surface area contributed by atoms with Crippen molar-refractivity contribution in [2.75, 3.05) is 20.1 Å². The molecular weight excluding hydrogens is 186 g/mol. The largest absolute Gasteiger partial charge is 0.310 e. The molecule has 1 saturated carbocycles. The minimum Gasteiger partial charge on any atom is -0.310 e. The molecule has 1 unspecified atom stereocenters. The second-order valence-corrected chi connectivity index (χ2v) is 4.53. The minimum absolute atomic E-state index is 0.313. The maximum absolute atomic E-state index is 8.59. The molecule has 0 bridgehead atoms. The van der Waals surface area contributed by atoms with Gasteiger partial charge in [0.2, 0.25) is 0 Å². The third-order valence-electron chi connectivity index (χ3n) is 2.83. The maximum Gasteiger partial charge on any atom is 0.0638 e. The molecule has 0 spiro atoms.